The molecule has 1 aliphatic heterocycles. The van der Waals surface area contributed by atoms with Gasteiger partial charge in [-0.15, -0.1) is 0 Å². The molecular weight excluding hydrogens is 448 g/mol. The van der Waals surface area contributed by atoms with Crippen LogP contribution in [0.15, 0.2) is 59.4 Å². The van der Waals surface area contributed by atoms with Gasteiger partial charge in [-0.2, -0.15) is 0 Å². The quantitative estimate of drug-likeness (QED) is 0.398. The smallest absolute Gasteiger partial charge is 0.336 e. The Hall–Kier alpha value is -4.50. The number of hydrogen-bond acceptors (Lipinski definition) is 6. The number of nitrogens with one attached hydrogen (secondary N) is 1. The molecule has 33 heavy (non-hydrogen) atoms. The number of fused-ring (bicyclic) bond motifs is 2. The van der Waals surface area contributed by atoms with Gasteiger partial charge >= 0.3 is 5.97 Å². The number of halogens is 1. The van der Waals surface area contributed by atoms with E-state index in [1.807, 2.05) is 0 Å². The average Bonchev–Trinajstić information content (AvgIpc) is 3.06. The van der Waals surface area contributed by atoms with Crippen molar-refractivity contribution < 1.29 is 19.5 Å². The van der Waals surface area contributed by atoms with Crippen LogP contribution in [0, 0.1) is 0 Å². The van der Waals surface area contributed by atoms with Crippen LogP contribution < -0.4 is 16.6 Å². The van der Waals surface area contributed by atoms with Gasteiger partial charge < -0.3 is 10.8 Å². The first-order valence-electron chi connectivity index (χ1n) is 9.60. The van der Waals surface area contributed by atoms with E-state index in [1.165, 1.54) is 12.1 Å². The second-order valence-electron chi connectivity index (χ2n) is 7.35. The Morgan fingerprint density at radius 2 is 1.82 bits per heavy atom. The molecule has 0 radical (unpaired) electrons. The maximum absolute atomic E-state index is 12.7. The van der Waals surface area contributed by atoms with Gasteiger partial charge in [-0.1, -0.05) is 23.7 Å². The number of nitrogens with two attached hydrogens (primary N) is 1. The van der Waals surface area contributed by atoms with E-state index in [1.54, 1.807) is 36.4 Å². The van der Waals surface area contributed by atoms with Crippen molar-refractivity contribution in [2.45, 2.75) is 0 Å². The standard InChI is InChI=1S/C23H13ClN4O5/c24-11-4-5-16-13(7-11)14(23(32)33)8-17(26-16)10-2-1-3-12(6-10)28-18(29)9-15-19(20(28)25)22(31)27-21(15)30/h1-9H,25H2,(H,32,33)(H,27,30,31). The van der Waals surface area contributed by atoms with E-state index in [2.05, 4.69) is 10.3 Å². The van der Waals surface area contributed by atoms with Crippen molar-refractivity contribution in [3.63, 3.8) is 0 Å². The third-order valence-electron chi connectivity index (χ3n) is 5.35. The van der Waals surface area contributed by atoms with Gasteiger partial charge in [0.1, 0.15) is 5.82 Å². The number of nitrogen functional groups attached to an aromatic ring is 1. The largest absolute Gasteiger partial charge is 0.478 e. The molecule has 0 aliphatic carbocycles. The van der Waals surface area contributed by atoms with Gasteiger partial charge in [0, 0.05) is 22.0 Å². The van der Waals surface area contributed by atoms with E-state index in [-0.39, 0.29) is 22.5 Å². The van der Waals surface area contributed by atoms with Gasteiger partial charge in [0.25, 0.3) is 17.4 Å². The molecular formula is C23H13ClN4O5. The fourth-order valence-electron chi connectivity index (χ4n) is 3.87. The zero-order valence-electron chi connectivity index (χ0n) is 16.6. The van der Waals surface area contributed by atoms with Crippen LogP contribution in [0.5, 0.6) is 0 Å². The molecule has 2 aromatic heterocycles. The number of carbonyl (C=O) groups excluding carboxylic acids is 2. The van der Waals surface area contributed by atoms with Crippen LogP contribution >= 0.6 is 11.6 Å². The molecule has 0 bridgehead atoms. The molecule has 2 aromatic carbocycles. The molecule has 4 aromatic rings. The third kappa shape index (κ3) is 3.22. The molecule has 162 valence electrons. The highest BCUT2D eigenvalue weighted by atomic mass is 35.5. The van der Waals surface area contributed by atoms with Crippen molar-refractivity contribution in [2.24, 2.45) is 0 Å². The lowest BCUT2D eigenvalue weighted by atomic mass is 10.0. The van der Waals surface area contributed by atoms with Crippen molar-refractivity contribution in [1.82, 2.24) is 14.9 Å². The maximum Gasteiger partial charge on any atom is 0.336 e. The molecule has 0 saturated heterocycles. The number of carboxylic acids is 1. The number of imide groups is 1. The van der Waals surface area contributed by atoms with Crippen LogP contribution in [0.2, 0.25) is 5.02 Å². The van der Waals surface area contributed by atoms with E-state index in [0.717, 1.165) is 10.6 Å². The highest BCUT2D eigenvalue weighted by Gasteiger charge is 2.31. The van der Waals surface area contributed by atoms with Gasteiger partial charge in [-0.25, -0.2) is 9.78 Å². The average molecular weight is 461 g/mol. The van der Waals surface area contributed by atoms with Crippen LogP contribution in [0.1, 0.15) is 31.1 Å². The van der Waals surface area contributed by atoms with Crippen LogP contribution in [0.4, 0.5) is 5.82 Å². The highest BCUT2D eigenvalue weighted by Crippen LogP contribution is 2.29. The van der Waals surface area contributed by atoms with E-state index >= 15 is 0 Å². The summed E-state index contributed by atoms with van der Waals surface area (Å²) in [5, 5.41) is 12.6. The molecule has 10 heteroatoms. The number of aromatic carboxylic acids is 1. The SMILES string of the molecule is Nc1c2c(cc(=O)n1-c1cccc(-c3cc(C(=O)O)c4cc(Cl)ccc4n3)c1)C(=O)NC2=O. The Kier molecular flexibility index (Phi) is 4.50. The molecule has 0 saturated carbocycles. The number of aromatic nitrogens is 2. The van der Waals surface area contributed by atoms with Crippen molar-refractivity contribution in [3.8, 4) is 16.9 Å². The second-order valence-corrected chi connectivity index (χ2v) is 7.78. The number of pyridine rings is 2. The van der Waals surface area contributed by atoms with Crippen LogP contribution in [0.3, 0.4) is 0 Å². The Bertz CT molecular complexity index is 1610. The van der Waals surface area contributed by atoms with E-state index < -0.39 is 23.3 Å². The first kappa shape index (κ1) is 20.4. The summed E-state index contributed by atoms with van der Waals surface area (Å²) in [6, 6.07) is 13.8. The minimum Gasteiger partial charge on any atom is -0.478 e. The van der Waals surface area contributed by atoms with Gasteiger partial charge in [-0.3, -0.25) is 24.3 Å². The predicted octanol–water partition coefficient (Wildman–Crippen LogP) is 2.87. The molecule has 0 atom stereocenters. The van der Waals surface area contributed by atoms with Gasteiger partial charge in [0.15, 0.2) is 0 Å². The van der Waals surface area contributed by atoms with Crippen molar-refractivity contribution in [3.05, 3.63) is 86.7 Å². The molecule has 4 N–H and O–H groups in total. The fourth-order valence-corrected chi connectivity index (χ4v) is 4.04. The van der Waals surface area contributed by atoms with Gasteiger partial charge in [0.05, 0.1) is 33.6 Å². The van der Waals surface area contributed by atoms with E-state index in [4.69, 9.17) is 17.3 Å². The minimum absolute atomic E-state index is 0.0206. The van der Waals surface area contributed by atoms with Crippen LogP contribution in [-0.2, 0) is 0 Å². The molecule has 5 rings (SSSR count). The lowest BCUT2D eigenvalue weighted by Gasteiger charge is -2.13. The third-order valence-corrected chi connectivity index (χ3v) is 5.59. The lowest BCUT2D eigenvalue weighted by Crippen LogP contribution is -2.24. The summed E-state index contributed by atoms with van der Waals surface area (Å²) < 4.78 is 1.11. The first-order valence-corrected chi connectivity index (χ1v) is 9.98. The van der Waals surface area contributed by atoms with Crippen LogP contribution in [0.25, 0.3) is 27.8 Å². The van der Waals surface area contributed by atoms with E-state index in [9.17, 15) is 24.3 Å². The summed E-state index contributed by atoms with van der Waals surface area (Å²) in [4.78, 5) is 53.1. The first-order chi connectivity index (χ1) is 15.7. The van der Waals surface area contributed by atoms with E-state index in [0.29, 0.717) is 32.9 Å². The van der Waals surface area contributed by atoms with Gasteiger partial charge in [0.2, 0.25) is 0 Å². The minimum atomic E-state index is -1.14. The summed E-state index contributed by atoms with van der Waals surface area (Å²) in [5.41, 5.74) is 7.00. The molecule has 2 amide bonds. The monoisotopic (exact) mass is 460 g/mol. The summed E-state index contributed by atoms with van der Waals surface area (Å²) in [5.74, 6) is -2.68. The Morgan fingerprint density at radius 3 is 2.58 bits per heavy atom. The van der Waals surface area contributed by atoms with Crippen molar-refractivity contribution in [2.75, 3.05) is 5.73 Å². The number of amides is 2. The lowest BCUT2D eigenvalue weighted by molar-refractivity contribution is 0.0698. The van der Waals surface area contributed by atoms with Gasteiger partial charge in [-0.05, 0) is 36.4 Å². The number of anilines is 1. The number of benzene rings is 2. The second kappa shape index (κ2) is 7.28. The predicted molar refractivity (Wildman–Crippen MR) is 121 cm³/mol. The summed E-state index contributed by atoms with van der Waals surface area (Å²) in [6.07, 6.45) is 0. The number of carboxylic acid groups (broad SMARTS) is 1. The maximum atomic E-state index is 12.7. The number of hydrogen-bond donors (Lipinski definition) is 3. The van der Waals surface area contributed by atoms with Crippen molar-refractivity contribution in [1.29, 1.82) is 0 Å². The zero-order chi connectivity index (χ0) is 23.4. The van der Waals surface area contributed by atoms with Crippen molar-refractivity contribution >= 4 is 46.1 Å². The highest BCUT2D eigenvalue weighted by molar-refractivity contribution is 6.31. The summed E-state index contributed by atoms with van der Waals surface area (Å²) in [6.45, 7) is 0. The summed E-state index contributed by atoms with van der Waals surface area (Å²) in [7, 11) is 0. The number of carbonyl (C=O) groups is 3. The Morgan fingerprint density at radius 1 is 1.03 bits per heavy atom. The molecule has 1 aliphatic rings. The molecule has 3 heterocycles. The summed E-state index contributed by atoms with van der Waals surface area (Å²) >= 11 is 6.02. The molecule has 0 fully saturated rings. The topological polar surface area (TPSA) is 144 Å². The number of nitrogens with zero attached hydrogens (tertiary/aromatic N) is 2. The normalized spacial score (nSPS) is 12.6. The molecule has 0 unspecified atom stereocenters. The Labute approximate surface area is 190 Å². The fraction of sp³-hybridized carbons (Fsp3) is 0. The zero-order valence-corrected chi connectivity index (χ0v) is 17.4. The van der Waals surface area contributed by atoms with Crippen LogP contribution in [-0.4, -0.2) is 32.4 Å². The Balaban J connectivity index is 1.70. The molecule has 0 spiro atoms. The number of rotatable bonds is 3. The molecule has 9 nitrogen and oxygen atoms in total.